The van der Waals surface area contributed by atoms with E-state index in [0.717, 1.165) is 53.1 Å². The van der Waals surface area contributed by atoms with Gasteiger partial charge in [0.2, 0.25) is 0 Å². The lowest BCUT2D eigenvalue weighted by atomic mass is 10.1. The Balaban J connectivity index is 1.95. The number of hydrogen-bond acceptors (Lipinski definition) is 4. The molecule has 3 heterocycles. The van der Waals surface area contributed by atoms with Crippen LogP contribution in [0.5, 0.6) is 0 Å². The Bertz CT molecular complexity index is 965. The summed E-state index contributed by atoms with van der Waals surface area (Å²) in [6.45, 7) is 4.86. The summed E-state index contributed by atoms with van der Waals surface area (Å²) < 4.78 is 2.09. The lowest BCUT2D eigenvalue weighted by Crippen LogP contribution is -1.95. The third kappa shape index (κ3) is 2.33. The minimum atomic E-state index is 0.873. The Labute approximate surface area is 140 Å². The molecule has 2 aromatic heterocycles. The van der Waals surface area contributed by atoms with E-state index in [-0.39, 0.29) is 0 Å². The number of aromatic nitrogens is 4. The van der Waals surface area contributed by atoms with E-state index in [1.54, 1.807) is 6.21 Å². The van der Waals surface area contributed by atoms with E-state index in [1.807, 2.05) is 50.4 Å². The average Bonchev–Trinajstić information content (AvgIpc) is 3.20. The Morgan fingerprint density at radius 1 is 1.21 bits per heavy atom. The Hall–Kier alpha value is -2.82. The van der Waals surface area contributed by atoms with Gasteiger partial charge in [-0.1, -0.05) is 18.2 Å². The summed E-state index contributed by atoms with van der Waals surface area (Å²) in [5.41, 5.74) is 6.77. The quantitative estimate of drug-likeness (QED) is 0.689. The van der Waals surface area contributed by atoms with Gasteiger partial charge in [0.1, 0.15) is 5.69 Å². The first kappa shape index (κ1) is 14.8. The first-order valence-electron chi connectivity index (χ1n) is 8.29. The molecule has 0 spiro atoms. The second kappa shape index (κ2) is 6.00. The third-order valence-electron chi connectivity index (χ3n) is 4.33. The van der Waals surface area contributed by atoms with E-state index < -0.39 is 0 Å². The van der Waals surface area contributed by atoms with E-state index >= 15 is 0 Å². The lowest BCUT2D eigenvalue weighted by Gasteiger charge is -2.06. The fraction of sp³-hybridized carbons (Fsp3) is 0.263. The van der Waals surface area contributed by atoms with Crippen LogP contribution in [0.4, 0.5) is 0 Å². The standard InChI is InChI=1S/C19H19N5/c1-3-13(20-4-2)19-18(17-10-7-11-24(17)23-19)16-12-21-14-8-5-6-9-15(14)22-16/h3-6,8-9,12H,7,10-11H2,1-2H3/b13-3-,20-4?. The van der Waals surface area contributed by atoms with Gasteiger partial charge in [0, 0.05) is 18.5 Å². The Kier molecular flexibility index (Phi) is 3.69. The van der Waals surface area contributed by atoms with E-state index in [9.17, 15) is 0 Å². The van der Waals surface area contributed by atoms with Crippen molar-refractivity contribution in [2.24, 2.45) is 4.99 Å². The third-order valence-corrected chi connectivity index (χ3v) is 4.33. The first-order chi connectivity index (χ1) is 11.8. The van der Waals surface area contributed by atoms with Gasteiger partial charge in [0.15, 0.2) is 0 Å². The van der Waals surface area contributed by atoms with Gasteiger partial charge in [0.05, 0.1) is 34.2 Å². The van der Waals surface area contributed by atoms with Crippen molar-refractivity contribution in [3.8, 4) is 11.3 Å². The van der Waals surface area contributed by atoms with Gasteiger partial charge in [0.25, 0.3) is 0 Å². The molecule has 0 fully saturated rings. The predicted octanol–water partition coefficient (Wildman–Crippen LogP) is 3.89. The normalized spacial score (nSPS) is 14.7. The summed E-state index contributed by atoms with van der Waals surface area (Å²) in [7, 11) is 0. The van der Waals surface area contributed by atoms with Crippen LogP contribution in [0.25, 0.3) is 28.0 Å². The largest absolute Gasteiger partial charge is 0.268 e. The molecule has 1 aliphatic heterocycles. The highest BCUT2D eigenvalue weighted by molar-refractivity contribution is 5.84. The second-order valence-electron chi connectivity index (χ2n) is 5.80. The van der Waals surface area contributed by atoms with Crippen LogP contribution in [0.2, 0.25) is 0 Å². The maximum absolute atomic E-state index is 4.84. The van der Waals surface area contributed by atoms with Crippen LogP contribution in [0.1, 0.15) is 31.7 Å². The minimum absolute atomic E-state index is 0.873. The fourth-order valence-electron chi connectivity index (χ4n) is 3.27. The van der Waals surface area contributed by atoms with Crippen LogP contribution in [0.15, 0.2) is 41.5 Å². The molecule has 0 bridgehead atoms. The molecule has 5 nitrogen and oxygen atoms in total. The van der Waals surface area contributed by atoms with Crippen LogP contribution < -0.4 is 0 Å². The van der Waals surface area contributed by atoms with Crippen LogP contribution in [0.3, 0.4) is 0 Å². The van der Waals surface area contributed by atoms with E-state index in [0.29, 0.717) is 0 Å². The van der Waals surface area contributed by atoms with Crippen molar-refractivity contribution >= 4 is 22.9 Å². The maximum Gasteiger partial charge on any atom is 0.120 e. The van der Waals surface area contributed by atoms with Crippen molar-refractivity contribution in [1.82, 2.24) is 19.7 Å². The molecule has 0 radical (unpaired) electrons. The highest BCUT2D eigenvalue weighted by atomic mass is 15.3. The molecular formula is C19H19N5. The number of hydrogen-bond donors (Lipinski definition) is 0. The van der Waals surface area contributed by atoms with Gasteiger partial charge in [-0.2, -0.15) is 5.10 Å². The van der Waals surface area contributed by atoms with Gasteiger partial charge >= 0.3 is 0 Å². The predicted molar refractivity (Wildman–Crippen MR) is 96.9 cm³/mol. The molecule has 0 N–H and O–H groups in total. The number of aliphatic imine (C=N–C) groups is 1. The smallest absolute Gasteiger partial charge is 0.120 e. The first-order valence-corrected chi connectivity index (χ1v) is 8.29. The van der Waals surface area contributed by atoms with Crippen molar-refractivity contribution < 1.29 is 0 Å². The van der Waals surface area contributed by atoms with Crippen molar-refractivity contribution in [3.63, 3.8) is 0 Å². The highest BCUT2D eigenvalue weighted by Gasteiger charge is 2.25. The van der Waals surface area contributed by atoms with Crippen LogP contribution in [0, 0.1) is 0 Å². The molecule has 0 saturated carbocycles. The van der Waals surface area contributed by atoms with Crippen molar-refractivity contribution in [3.05, 3.63) is 47.9 Å². The zero-order valence-corrected chi connectivity index (χ0v) is 13.9. The number of rotatable bonds is 3. The summed E-state index contributed by atoms with van der Waals surface area (Å²) in [6, 6.07) is 7.95. The molecule has 4 rings (SSSR count). The molecule has 0 saturated heterocycles. The highest BCUT2D eigenvalue weighted by Crippen LogP contribution is 2.35. The molecule has 0 atom stereocenters. The number of nitrogens with zero attached hydrogens (tertiary/aromatic N) is 5. The second-order valence-corrected chi connectivity index (χ2v) is 5.80. The number of benzene rings is 1. The zero-order valence-electron chi connectivity index (χ0n) is 13.9. The fourth-order valence-corrected chi connectivity index (χ4v) is 3.27. The lowest BCUT2D eigenvalue weighted by molar-refractivity contribution is 0.654. The van der Waals surface area contributed by atoms with Crippen LogP contribution in [-0.4, -0.2) is 26.0 Å². The molecular weight excluding hydrogens is 298 g/mol. The zero-order chi connectivity index (χ0) is 16.5. The molecule has 0 unspecified atom stereocenters. The van der Waals surface area contributed by atoms with Crippen molar-refractivity contribution in [1.29, 1.82) is 0 Å². The van der Waals surface area contributed by atoms with Crippen molar-refractivity contribution in [2.45, 2.75) is 33.2 Å². The van der Waals surface area contributed by atoms with Gasteiger partial charge in [-0.25, -0.2) is 4.98 Å². The number of aryl methyl sites for hydroxylation is 1. The summed E-state index contributed by atoms with van der Waals surface area (Å²) >= 11 is 0. The minimum Gasteiger partial charge on any atom is -0.268 e. The van der Waals surface area contributed by atoms with Crippen LogP contribution >= 0.6 is 0 Å². The molecule has 1 aromatic carbocycles. The molecule has 120 valence electrons. The summed E-state index contributed by atoms with van der Waals surface area (Å²) in [6.07, 6.45) is 7.79. The maximum atomic E-state index is 4.84. The Morgan fingerprint density at radius 2 is 2.04 bits per heavy atom. The van der Waals surface area contributed by atoms with Crippen LogP contribution in [-0.2, 0) is 13.0 Å². The van der Waals surface area contributed by atoms with E-state index in [1.165, 1.54) is 5.69 Å². The summed E-state index contributed by atoms with van der Waals surface area (Å²) in [5.74, 6) is 0. The molecule has 1 aliphatic rings. The average molecular weight is 317 g/mol. The summed E-state index contributed by atoms with van der Waals surface area (Å²) in [4.78, 5) is 13.9. The number of para-hydroxylation sites is 2. The topological polar surface area (TPSA) is 56.0 Å². The van der Waals surface area contributed by atoms with Crippen molar-refractivity contribution in [2.75, 3.05) is 0 Å². The molecule has 0 aliphatic carbocycles. The monoisotopic (exact) mass is 317 g/mol. The number of fused-ring (bicyclic) bond motifs is 2. The molecule has 24 heavy (non-hydrogen) atoms. The Morgan fingerprint density at radius 3 is 2.83 bits per heavy atom. The van der Waals surface area contributed by atoms with Gasteiger partial charge in [-0.05, 0) is 38.8 Å². The van der Waals surface area contributed by atoms with E-state index in [4.69, 9.17) is 10.1 Å². The van der Waals surface area contributed by atoms with E-state index in [2.05, 4.69) is 14.7 Å². The molecule has 0 amide bonds. The summed E-state index contributed by atoms with van der Waals surface area (Å²) in [5, 5.41) is 4.80. The van der Waals surface area contributed by atoms with Gasteiger partial charge < -0.3 is 0 Å². The van der Waals surface area contributed by atoms with Gasteiger partial charge in [-0.3, -0.25) is 14.7 Å². The molecule has 3 aromatic rings. The number of allylic oxidation sites excluding steroid dienone is 1. The molecule has 5 heteroatoms. The van der Waals surface area contributed by atoms with Gasteiger partial charge in [-0.15, -0.1) is 0 Å². The SMILES string of the molecule is CC=N/C(=C\C)c1nn2c(c1-c1cnc3ccccc3n1)CCC2.